The van der Waals surface area contributed by atoms with Crippen molar-refractivity contribution >= 4 is 17.6 Å². The molecule has 22 heavy (non-hydrogen) atoms. The van der Waals surface area contributed by atoms with E-state index in [9.17, 15) is 9.59 Å². The predicted octanol–water partition coefficient (Wildman–Crippen LogP) is 3.43. The van der Waals surface area contributed by atoms with Crippen LogP contribution in [0.2, 0.25) is 0 Å². The molecule has 0 fully saturated rings. The molecular formula is C17H17NO4. The molecule has 0 radical (unpaired) electrons. The van der Waals surface area contributed by atoms with E-state index in [1.165, 1.54) is 6.07 Å². The Balaban J connectivity index is 2.25. The zero-order valence-electron chi connectivity index (χ0n) is 12.2. The Bertz CT molecular complexity index is 682. The van der Waals surface area contributed by atoms with Gasteiger partial charge in [-0.25, -0.2) is 4.79 Å². The van der Waals surface area contributed by atoms with Crippen molar-refractivity contribution in [3.05, 3.63) is 59.7 Å². The normalized spacial score (nSPS) is 10.0. The van der Waals surface area contributed by atoms with E-state index in [4.69, 9.17) is 9.84 Å². The minimum absolute atomic E-state index is 0.0443. The van der Waals surface area contributed by atoms with E-state index in [1.807, 2.05) is 6.92 Å². The third-order valence-corrected chi connectivity index (χ3v) is 3.00. The van der Waals surface area contributed by atoms with Gasteiger partial charge in [0.15, 0.2) is 0 Å². The second-order valence-corrected chi connectivity index (χ2v) is 4.65. The van der Waals surface area contributed by atoms with Crippen LogP contribution in [-0.4, -0.2) is 23.6 Å². The number of carbonyl (C=O) groups excluding carboxylic acids is 1. The molecule has 5 nitrogen and oxygen atoms in total. The summed E-state index contributed by atoms with van der Waals surface area (Å²) in [6.45, 7) is 2.49. The van der Waals surface area contributed by atoms with Gasteiger partial charge in [-0.3, -0.25) is 4.79 Å². The summed E-state index contributed by atoms with van der Waals surface area (Å²) in [5, 5.41) is 11.8. The maximum absolute atomic E-state index is 12.4. The van der Waals surface area contributed by atoms with Gasteiger partial charge in [-0.2, -0.15) is 0 Å². The van der Waals surface area contributed by atoms with E-state index in [0.717, 1.165) is 6.42 Å². The molecule has 0 aromatic heterocycles. The predicted molar refractivity (Wildman–Crippen MR) is 83.6 cm³/mol. The van der Waals surface area contributed by atoms with Crippen LogP contribution < -0.4 is 10.1 Å². The molecule has 2 rings (SSSR count). The third-order valence-electron chi connectivity index (χ3n) is 3.00. The third kappa shape index (κ3) is 3.63. The summed E-state index contributed by atoms with van der Waals surface area (Å²) < 4.78 is 5.55. The van der Waals surface area contributed by atoms with Crippen LogP contribution >= 0.6 is 0 Å². The fourth-order valence-corrected chi connectivity index (χ4v) is 1.96. The number of para-hydroxylation sites is 2. The second-order valence-electron chi connectivity index (χ2n) is 4.65. The van der Waals surface area contributed by atoms with Gasteiger partial charge in [0.05, 0.1) is 23.4 Å². The number of ether oxygens (including phenoxy) is 1. The molecule has 0 heterocycles. The molecule has 0 aliphatic rings. The molecule has 114 valence electrons. The largest absolute Gasteiger partial charge is 0.493 e. The van der Waals surface area contributed by atoms with Crippen LogP contribution in [0.5, 0.6) is 5.75 Å². The molecule has 2 aromatic carbocycles. The highest BCUT2D eigenvalue weighted by Gasteiger charge is 2.15. The highest BCUT2D eigenvalue weighted by Crippen LogP contribution is 2.21. The summed E-state index contributed by atoms with van der Waals surface area (Å²) in [4.78, 5) is 23.6. The van der Waals surface area contributed by atoms with Crippen LogP contribution in [0.25, 0.3) is 0 Å². The summed E-state index contributed by atoms with van der Waals surface area (Å²) in [7, 11) is 0. The number of amides is 1. The highest BCUT2D eigenvalue weighted by atomic mass is 16.5. The van der Waals surface area contributed by atoms with Gasteiger partial charge in [0.1, 0.15) is 5.75 Å². The number of nitrogens with one attached hydrogen (secondary N) is 1. The molecule has 0 atom stereocenters. The molecule has 1 amide bonds. The van der Waals surface area contributed by atoms with Crippen molar-refractivity contribution in [2.45, 2.75) is 13.3 Å². The van der Waals surface area contributed by atoms with Crippen LogP contribution in [0.15, 0.2) is 48.5 Å². The first-order valence-electron chi connectivity index (χ1n) is 6.99. The Labute approximate surface area is 128 Å². The van der Waals surface area contributed by atoms with Crippen LogP contribution in [0, 0.1) is 0 Å². The van der Waals surface area contributed by atoms with Crippen molar-refractivity contribution in [3.63, 3.8) is 0 Å². The minimum atomic E-state index is -1.09. The van der Waals surface area contributed by atoms with E-state index in [1.54, 1.807) is 42.5 Å². The van der Waals surface area contributed by atoms with E-state index < -0.39 is 11.9 Å². The van der Waals surface area contributed by atoms with E-state index >= 15 is 0 Å². The van der Waals surface area contributed by atoms with Gasteiger partial charge in [0.25, 0.3) is 5.91 Å². The van der Waals surface area contributed by atoms with Gasteiger partial charge in [-0.05, 0) is 30.7 Å². The lowest BCUT2D eigenvalue weighted by Gasteiger charge is -2.12. The number of anilines is 1. The quantitative estimate of drug-likeness (QED) is 0.857. The molecule has 0 unspecified atom stereocenters. The number of carboxylic acid groups (broad SMARTS) is 1. The van der Waals surface area contributed by atoms with Crippen molar-refractivity contribution < 1.29 is 19.4 Å². The van der Waals surface area contributed by atoms with Gasteiger partial charge >= 0.3 is 5.97 Å². The topological polar surface area (TPSA) is 75.6 Å². The summed E-state index contributed by atoms with van der Waals surface area (Å²) in [6, 6.07) is 13.1. The first-order chi connectivity index (χ1) is 10.6. The van der Waals surface area contributed by atoms with Crippen LogP contribution in [0.3, 0.4) is 0 Å². The van der Waals surface area contributed by atoms with E-state index in [2.05, 4.69) is 5.32 Å². The fraction of sp³-hybridized carbons (Fsp3) is 0.176. The van der Waals surface area contributed by atoms with Gasteiger partial charge in [0, 0.05) is 0 Å². The Morgan fingerprint density at radius 3 is 2.36 bits per heavy atom. The molecule has 2 N–H and O–H groups in total. The Kier molecular flexibility index (Phi) is 5.14. The number of carbonyl (C=O) groups is 2. The van der Waals surface area contributed by atoms with Gasteiger partial charge in [0.2, 0.25) is 0 Å². The van der Waals surface area contributed by atoms with Crippen molar-refractivity contribution in [3.8, 4) is 5.75 Å². The molecule has 0 saturated heterocycles. The first-order valence-corrected chi connectivity index (χ1v) is 6.99. The SMILES string of the molecule is CCCOc1ccccc1C(=O)Nc1ccccc1C(=O)O. The molecule has 0 aliphatic heterocycles. The average molecular weight is 299 g/mol. The molecule has 0 aliphatic carbocycles. The summed E-state index contributed by atoms with van der Waals surface area (Å²) >= 11 is 0. The maximum Gasteiger partial charge on any atom is 0.337 e. The lowest BCUT2D eigenvalue weighted by Crippen LogP contribution is -2.16. The van der Waals surface area contributed by atoms with Gasteiger partial charge < -0.3 is 15.2 Å². The van der Waals surface area contributed by atoms with Crippen LogP contribution in [0.1, 0.15) is 34.1 Å². The summed E-state index contributed by atoms with van der Waals surface area (Å²) in [5.74, 6) is -1.01. The number of rotatable bonds is 6. The van der Waals surface area contributed by atoms with Gasteiger partial charge in [-0.1, -0.05) is 31.2 Å². The maximum atomic E-state index is 12.4. The van der Waals surface area contributed by atoms with Crippen LogP contribution in [0.4, 0.5) is 5.69 Å². The average Bonchev–Trinajstić information content (AvgIpc) is 2.53. The zero-order chi connectivity index (χ0) is 15.9. The lowest BCUT2D eigenvalue weighted by molar-refractivity contribution is 0.0698. The number of hydrogen-bond donors (Lipinski definition) is 2. The molecule has 2 aromatic rings. The fourth-order valence-electron chi connectivity index (χ4n) is 1.96. The molecule has 5 heteroatoms. The minimum Gasteiger partial charge on any atom is -0.493 e. The Morgan fingerprint density at radius 1 is 1.05 bits per heavy atom. The monoisotopic (exact) mass is 299 g/mol. The van der Waals surface area contributed by atoms with Crippen molar-refractivity contribution in [1.82, 2.24) is 0 Å². The molecule has 0 saturated carbocycles. The molecular weight excluding hydrogens is 282 g/mol. The zero-order valence-corrected chi connectivity index (χ0v) is 12.2. The molecule has 0 bridgehead atoms. The van der Waals surface area contributed by atoms with Gasteiger partial charge in [-0.15, -0.1) is 0 Å². The van der Waals surface area contributed by atoms with Crippen molar-refractivity contribution in [2.24, 2.45) is 0 Å². The lowest BCUT2D eigenvalue weighted by atomic mass is 10.1. The van der Waals surface area contributed by atoms with Crippen LogP contribution in [-0.2, 0) is 0 Å². The number of carboxylic acids is 1. The standard InChI is InChI=1S/C17H17NO4/c1-2-11-22-15-10-6-4-8-13(15)16(19)18-14-9-5-3-7-12(14)17(20)21/h3-10H,2,11H2,1H3,(H,18,19)(H,20,21). The smallest absolute Gasteiger partial charge is 0.337 e. The number of aromatic carboxylic acids is 1. The second kappa shape index (κ2) is 7.26. The first kappa shape index (κ1) is 15.6. The molecule has 0 spiro atoms. The Hall–Kier alpha value is -2.82. The van der Waals surface area contributed by atoms with E-state index in [-0.39, 0.29) is 11.3 Å². The summed E-state index contributed by atoms with van der Waals surface area (Å²) in [6.07, 6.45) is 0.831. The number of benzene rings is 2. The van der Waals surface area contributed by atoms with Crippen molar-refractivity contribution in [2.75, 3.05) is 11.9 Å². The number of hydrogen-bond acceptors (Lipinski definition) is 3. The Morgan fingerprint density at radius 2 is 1.68 bits per heavy atom. The highest BCUT2D eigenvalue weighted by molar-refractivity contribution is 6.09. The van der Waals surface area contributed by atoms with Crippen molar-refractivity contribution in [1.29, 1.82) is 0 Å². The summed E-state index contributed by atoms with van der Waals surface area (Å²) in [5.41, 5.74) is 0.671. The van der Waals surface area contributed by atoms with E-state index in [0.29, 0.717) is 17.9 Å².